The minimum Gasteiger partial charge on any atom is -0.465 e. The van der Waals surface area contributed by atoms with Crippen LogP contribution in [0.2, 0.25) is 0 Å². The van der Waals surface area contributed by atoms with Gasteiger partial charge in [0.25, 0.3) is 0 Å². The number of aromatic nitrogens is 7. The van der Waals surface area contributed by atoms with Crippen molar-refractivity contribution in [2.75, 3.05) is 6.61 Å². The number of nitrogens with zero attached hydrogens (tertiary/aromatic N) is 5. The number of fused-ring (bicyclic) bond motifs is 8. The first-order chi connectivity index (χ1) is 32.1. The Kier molecular flexibility index (Phi) is 10.2. The van der Waals surface area contributed by atoms with Crippen LogP contribution in [0, 0.1) is 0 Å². The molecule has 9 aromatic rings. The third-order valence-electron chi connectivity index (χ3n) is 11.7. The van der Waals surface area contributed by atoms with Crippen molar-refractivity contribution in [2.45, 2.75) is 13.5 Å². The van der Waals surface area contributed by atoms with Gasteiger partial charge in [0.2, 0.25) is 0 Å². The summed E-state index contributed by atoms with van der Waals surface area (Å²) in [4.78, 5) is 31.0. The van der Waals surface area contributed by atoms with Gasteiger partial charge in [0.05, 0.1) is 35.6 Å². The Morgan fingerprint density at radius 1 is 0.508 bits per heavy atom. The van der Waals surface area contributed by atoms with E-state index in [0.29, 0.717) is 12.3 Å². The fraction of sp³-hybridized carbons (Fsp3) is 0.0536. The van der Waals surface area contributed by atoms with Gasteiger partial charge in [-0.25, -0.2) is 14.6 Å². The number of rotatable bonds is 9. The average molecular weight is 844 g/mol. The van der Waals surface area contributed by atoms with Gasteiger partial charge in [-0.2, -0.15) is 0 Å². The second-order valence-electron chi connectivity index (χ2n) is 15.8. The molecular weight excluding hydrogens is 803 g/mol. The molecule has 0 unspecified atom stereocenters. The van der Waals surface area contributed by atoms with E-state index in [1.807, 2.05) is 36.4 Å². The summed E-state index contributed by atoms with van der Waals surface area (Å²) in [6.45, 7) is 2.08. The average Bonchev–Trinajstić information content (AvgIpc) is 4.22. The molecule has 0 amide bonds. The van der Waals surface area contributed by atoms with Crippen LogP contribution in [0.4, 0.5) is 0 Å². The third-order valence-corrected chi connectivity index (χ3v) is 11.7. The van der Waals surface area contributed by atoms with E-state index in [4.69, 9.17) is 14.7 Å². The molecule has 8 bridgehead atoms. The molecule has 0 saturated carbocycles. The molecule has 0 radical (unpaired) electrons. The van der Waals surface area contributed by atoms with Crippen LogP contribution in [0.1, 0.15) is 35.3 Å². The number of aromatic amines is 2. The zero-order valence-corrected chi connectivity index (χ0v) is 35.4. The molecule has 4 aromatic heterocycles. The van der Waals surface area contributed by atoms with Crippen molar-refractivity contribution in [2.24, 2.45) is 0 Å². The number of ether oxygens (including phenoxy) is 1. The summed E-state index contributed by atoms with van der Waals surface area (Å²) in [5.74, 6) is -0.360. The van der Waals surface area contributed by atoms with Crippen LogP contribution in [0.25, 0.3) is 102 Å². The Balaban J connectivity index is 1.23. The Bertz CT molecular complexity index is 3460. The van der Waals surface area contributed by atoms with Crippen LogP contribution in [0.15, 0.2) is 176 Å². The fourth-order valence-electron chi connectivity index (χ4n) is 8.80. The van der Waals surface area contributed by atoms with E-state index in [9.17, 15) is 4.79 Å². The zero-order valence-electron chi connectivity index (χ0n) is 35.4. The van der Waals surface area contributed by atoms with Gasteiger partial charge in [0.15, 0.2) is 0 Å². The van der Waals surface area contributed by atoms with Crippen molar-refractivity contribution in [3.8, 4) is 55.8 Å². The van der Waals surface area contributed by atoms with Crippen molar-refractivity contribution in [1.29, 1.82) is 0 Å². The molecule has 9 nitrogen and oxygen atoms in total. The van der Waals surface area contributed by atoms with Crippen LogP contribution >= 0.6 is 0 Å². The Morgan fingerprint density at radius 2 is 0.954 bits per heavy atom. The molecule has 9 heteroatoms. The van der Waals surface area contributed by atoms with Gasteiger partial charge < -0.3 is 14.7 Å². The van der Waals surface area contributed by atoms with Gasteiger partial charge in [-0.15, -0.1) is 5.10 Å². The summed E-state index contributed by atoms with van der Waals surface area (Å²) < 4.78 is 6.63. The lowest BCUT2D eigenvalue weighted by Crippen LogP contribution is -2.13. The SMILES string of the molecule is CCOC(=O)Cn1cc(-c2ccc(C3=Cc4nc3c(-c3ccccc3)c3ccc([nH]3)c(-c3ccccc3)c3nc(c(-c5ccccc5)c5ccc([nH]5)c4-c4ccccc4)C=C3)cc2)nn1. The maximum Gasteiger partial charge on any atom is 0.327 e. The van der Waals surface area contributed by atoms with Crippen LogP contribution < -0.4 is 0 Å². The molecule has 2 N–H and O–H groups in total. The van der Waals surface area contributed by atoms with Crippen LogP contribution in [0.5, 0.6) is 0 Å². The first kappa shape index (κ1) is 39.2. The van der Waals surface area contributed by atoms with E-state index in [2.05, 4.69) is 172 Å². The van der Waals surface area contributed by atoms with E-state index in [1.54, 1.807) is 13.1 Å². The highest BCUT2D eigenvalue weighted by molar-refractivity contribution is 6.05. The normalized spacial score (nSPS) is 12.0. The van der Waals surface area contributed by atoms with Gasteiger partial charge in [-0.05, 0) is 77.2 Å². The predicted octanol–water partition coefficient (Wildman–Crippen LogP) is 12.6. The molecule has 2 aliphatic rings. The number of esters is 1. The van der Waals surface area contributed by atoms with E-state index in [0.717, 1.165) is 106 Å². The molecule has 0 aliphatic carbocycles. The summed E-state index contributed by atoms with van der Waals surface area (Å²) in [5.41, 5.74) is 18.6. The summed E-state index contributed by atoms with van der Waals surface area (Å²) >= 11 is 0. The van der Waals surface area contributed by atoms with Crippen molar-refractivity contribution in [3.63, 3.8) is 0 Å². The van der Waals surface area contributed by atoms with Crippen molar-refractivity contribution in [1.82, 2.24) is 34.9 Å². The number of carbonyl (C=O) groups is 1. The minimum atomic E-state index is -0.360. The molecular formula is C56H41N7O2. The standard InChI is InChI=1S/C56H41N7O2/c1-2-65-51(64)35-63-34-50(61-62-63)37-25-23-36(24-26-37)42-33-49-54(40-19-11-5-12-20-40)47-30-29-45(58-47)52(38-15-7-3-8-16-38)43-27-28-44(57-43)53(39-17-9-4-10-18-39)46-31-32-48(59-46)55(56(42)60-49)41-21-13-6-14-22-41/h3-34,58-59H,2,35H2,1H3. The number of hydrogen-bond acceptors (Lipinski definition) is 6. The molecule has 0 saturated heterocycles. The highest BCUT2D eigenvalue weighted by Crippen LogP contribution is 2.42. The van der Waals surface area contributed by atoms with Crippen LogP contribution in [-0.4, -0.2) is 47.5 Å². The van der Waals surface area contributed by atoms with Gasteiger partial charge in [0, 0.05) is 55.5 Å². The molecule has 65 heavy (non-hydrogen) atoms. The lowest BCUT2D eigenvalue weighted by Gasteiger charge is -2.10. The van der Waals surface area contributed by atoms with Crippen LogP contribution in [-0.2, 0) is 16.1 Å². The molecule has 0 fully saturated rings. The maximum absolute atomic E-state index is 12.2. The summed E-state index contributed by atoms with van der Waals surface area (Å²) in [5, 5.41) is 8.57. The molecule has 312 valence electrons. The maximum atomic E-state index is 12.2. The summed E-state index contributed by atoms with van der Waals surface area (Å²) in [6, 6.07) is 58.7. The first-order valence-corrected chi connectivity index (χ1v) is 21.7. The van der Waals surface area contributed by atoms with E-state index in [1.165, 1.54) is 4.68 Å². The van der Waals surface area contributed by atoms with E-state index >= 15 is 0 Å². The lowest BCUT2D eigenvalue weighted by atomic mass is 9.94. The van der Waals surface area contributed by atoms with Crippen LogP contribution in [0.3, 0.4) is 0 Å². The lowest BCUT2D eigenvalue weighted by molar-refractivity contribution is -0.144. The van der Waals surface area contributed by atoms with Crippen molar-refractivity contribution in [3.05, 3.63) is 204 Å². The zero-order chi connectivity index (χ0) is 43.7. The van der Waals surface area contributed by atoms with Crippen molar-refractivity contribution >= 4 is 51.8 Å². The van der Waals surface area contributed by atoms with E-state index in [-0.39, 0.29) is 12.5 Å². The quantitative estimate of drug-likeness (QED) is 0.140. The third kappa shape index (κ3) is 7.55. The Morgan fingerprint density at radius 3 is 1.45 bits per heavy atom. The number of benzene rings is 5. The number of hydrogen-bond donors (Lipinski definition) is 2. The second-order valence-corrected chi connectivity index (χ2v) is 15.8. The molecule has 11 rings (SSSR count). The molecule has 5 aromatic carbocycles. The highest BCUT2D eigenvalue weighted by atomic mass is 16.5. The van der Waals surface area contributed by atoms with E-state index < -0.39 is 0 Å². The first-order valence-electron chi connectivity index (χ1n) is 21.7. The van der Waals surface area contributed by atoms with Gasteiger partial charge >= 0.3 is 5.97 Å². The predicted molar refractivity (Wildman–Crippen MR) is 261 cm³/mol. The van der Waals surface area contributed by atoms with Gasteiger partial charge in [0.1, 0.15) is 12.2 Å². The smallest absolute Gasteiger partial charge is 0.327 e. The topological polar surface area (TPSA) is 114 Å². The Labute approximate surface area is 375 Å². The molecule has 0 spiro atoms. The summed E-state index contributed by atoms with van der Waals surface area (Å²) in [6.07, 6.45) is 8.22. The van der Waals surface area contributed by atoms with Gasteiger partial charge in [-0.1, -0.05) is 151 Å². The summed E-state index contributed by atoms with van der Waals surface area (Å²) in [7, 11) is 0. The molecule has 0 atom stereocenters. The fourth-order valence-corrected chi connectivity index (χ4v) is 8.80. The largest absolute Gasteiger partial charge is 0.465 e. The number of carbonyl (C=O) groups excluding carboxylic acids is 1. The van der Waals surface area contributed by atoms with Gasteiger partial charge in [-0.3, -0.25) is 4.79 Å². The van der Waals surface area contributed by atoms with Crippen molar-refractivity contribution < 1.29 is 9.53 Å². The highest BCUT2D eigenvalue weighted by Gasteiger charge is 2.24. The Hall–Kier alpha value is -8.69. The monoisotopic (exact) mass is 843 g/mol. The molecule has 2 aliphatic heterocycles. The molecule has 6 heterocycles. The second kappa shape index (κ2) is 16.9. The number of H-pyrrole nitrogens is 2. The number of nitrogens with one attached hydrogen (secondary N) is 2. The minimum absolute atomic E-state index is 0.00815.